The first-order valence-electron chi connectivity index (χ1n) is 8.97. The van der Waals surface area contributed by atoms with Crippen LogP contribution in [0.3, 0.4) is 0 Å². The van der Waals surface area contributed by atoms with Crippen LogP contribution in [0.25, 0.3) is 0 Å². The first-order chi connectivity index (χ1) is 14.9. The van der Waals surface area contributed by atoms with Crippen molar-refractivity contribution in [1.29, 1.82) is 0 Å². The molecule has 0 saturated carbocycles. The summed E-state index contributed by atoms with van der Waals surface area (Å²) < 4.78 is 66.1. The van der Waals surface area contributed by atoms with E-state index in [1.807, 2.05) is 0 Å². The smallest absolute Gasteiger partial charge is 0.416 e. The van der Waals surface area contributed by atoms with Crippen LogP contribution >= 0.6 is 11.6 Å². The molecule has 0 saturated heterocycles. The third kappa shape index (κ3) is 5.32. The molecule has 3 rings (SSSR count). The van der Waals surface area contributed by atoms with Crippen LogP contribution < -0.4 is 10.0 Å². The average molecular weight is 485 g/mol. The number of carbonyl (C=O) groups is 1. The standard InChI is InChI=1S/C21H16ClF3N2O4S/c1-12-5-8-18(19(28)9-12)26-20(29)16-11-15(6-7-17(16)22)32(30,31)27-14-4-2-3-13(10-14)21(23,24)25/h2-11,27-28H,1H3,(H,26,29). The molecule has 32 heavy (non-hydrogen) atoms. The molecule has 0 spiro atoms. The molecule has 0 atom stereocenters. The normalized spacial score (nSPS) is 11.8. The van der Waals surface area contributed by atoms with Gasteiger partial charge in [0.05, 0.1) is 26.7 Å². The molecular weight excluding hydrogens is 469 g/mol. The van der Waals surface area contributed by atoms with E-state index in [9.17, 15) is 31.5 Å². The number of hydrogen-bond acceptors (Lipinski definition) is 4. The first kappa shape index (κ1) is 23.4. The van der Waals surface area contributed by atoms with Crippen LogP contribution in [0.4, 0.5) is 24.5 Å². The van der Waals surface area contributed by atoms with E-state index in [-0.39, 0.29) is 27.7 Å². The van der Waals surface area contributed by atoms with Crippen molar-refractivity contribution in [2.45, 2.75) is 18.0 Å². The number of amides is 1. The van der Waals surface area contributed by atoms with Crippen molar-refractivity contribution in [1.82, 2.24) is 0 Å². The van der Waals surface area contributed by atoms with E-state index in [0.29, 0.717) is 6.07 Å². The van der Waals surface area contributed by atoms with Crippen molar-refractivity contribution in [3.8, 4) is 5.75 Å². The number of phenols is 1. The van der Waals surface area contributed by atoms with Gasteiger partial charge in [0.15, 0.2) is 0 Å². The van der Waals surface area contributed by atoms with Gasteiger partial charge in [0.2, 0.25) is 0 Å². The molecule has 0 aromatic heterocycles. The lowest BCUT2D eigenvalue weighted by atomic mass is 10.2. The summed E-state index contributed by atoms with van der Waals surface area (Å²) in [7, 11) is -4.34. The number of sulfonamides is 1. The molecule has 0 radical (unpaired) electrons. The van der Waals surface area contributed by atoms with E-state index in [0.717, 1.165) is 35.9 Å². The number of aryl methyl sites for hydroxylation is 1. The second-order valence-corrected chi connectivity index (χ2v) is 8.89. The Labute approximate surface area is 186 Å². The van der Waals surface area contributed by atoms with Crippen molar-refractivity contribution >= 4 is 38.9 Å². The Morgan fingerprint density at radius 2 is 1.75 bits per heavy atom. The monoisotopic (exact) mass is 484 g/mol. The number of aromatic hydroxyl groups is 1. The van der Waals surface area contributed by atoms with Crippen molar-refractivity contribution in [2.24, 2.45) is 0 Å². The number of rotatable bonds is 5. The van der Waals surface area contributed by atoms with Crippen LogP contribution in [0.1, 0.15) is 21.5 Å². The molecule has 0 unspecified atom stereocenters. The topological polar surface area (TPSA) is 95.5 Å². The Morgan fingerprint density at radius 1 is 1.03 bits per heavy atom. The third-order valence-electron chi connectivity index (χ3n) is 4.34. The van der Waals surface area contributed by atoms with Gasteiger partial charge in [-0.25, -0.2) is 8.42 Å². The van der Waals surface area contributed by atoms with Crippen molar-refractivity contribution in [3.63, 3.8) is 0 Å². The van der Waals surface area contributed by atoms with Crippen LogP contribution in [0, 0.1) is 6.92 Å². The van der Waals surface area contributed by atoms with Crippen LogP contribution in [-0.4, -0.2) is 19.4 Å². The molecule has 0 aliphatic carbocycles. The molecular formula is C21H16ClF3N2O4S. The number of benzene rings is 3. The largest absolute Gasteiger partial charge is 0.506 e. The fraction of sp³-hybridized carbons (Fsp3) is 0.0952. The van der Waals surface area contributed by atoms with E-state index in [1.54, 1.807) is 13.0 Å². The quantitative estimate of drug-likeness (QED) is 0.421. The highest BCUT2D eigenvalue weighted by molar-refractivity contribution is 7.92. The molecule has 3 N–H and O–H groups in total. The number of hydrogen-bond donors (Lipinski definition) is 3. The predicted molar refractivity (Wildman–Crippen MR) is 115 cm³/mol. The highest BCUT2D eigenvalue weighted by Crippen LogP contribution is 2.32. The highest BCUT2D eigenvalue weighted by Gasteiger charge is 2.31. The van der Waals surface area contributed by atoms with Crippen LogP contribution in [0.15, 0.2) is 65.6 Å². The summed E-state index contributed by atoms with van der Waals surface area (Å²) in [5.74, 6) is -0.977. The molecule has 0 aliphatic rings. The minimum Gasteiger partial charge on any atom is -0.506 e. The second kappa shape index (κ2) is 8.71. The number of carbonyl (C=O) groups excluding carboxylic acids is 1. The Morgan fingerprint density at radius 3 is 2.41 bits per heavy atom. The fourth-order valence-electron chi connectivity index (χ4n) is 2.76. The molecule has 168 valence electrons. The van der Waals surface area contributed by atoms with Gasteiger partial charge in [-0.2, -0.15) is 13.2 Å². The van der Waals surface area contributed by atoms with Gasteiger partial charge in [-0.3, -0.25) is 9.52 Å². The maximum absolute atomic E-state index is 12.9. The van der Waals surface area contributed by atoms with Crippen molar-refractivity contribution in [2.75, 3.05) is 10.0 Å². The third-order valence-corrected chi connectivity index (χ3v) is 6.04. The molecule has 11 heteroatoms. The zero-order valence-corrected chi connectivity index (χ0v) is 17.9. The molecule has 1 amide bonds. The summed E-state index contributed by atoms with van der Waals surface area (Å²) in [6.07, 6.45) is -4.64. The Bertz CT molecular complexity index is 1290. The molecule has 3 aromatic rings. The van der Waals surface area contributed by atoms with Gasteiger partial charge in [-0.15, -0.1) is 0 Å². The zero-order chi connectivity index (χ0) is 23.7. The zero-order valence-electron chi connectivity index (χ0n) is 16.4. The van der Waals surface area contributed by atoms with Crippen molar-refractivity contribution in [3.05, 3.63) is 82.4 Å². The highest BCUT2D eigenvalue weighted by atomic mass is 35.5. The maximum atomic E-state index is 12.9. The number of alkyl halides is 3. The Kier molecular flexibility index (Phi) is 6.38. The second-order valence-electron chi connectivity index (χ2n) is 6.80. The molecule has 6 nitrogen and oxygen atoms in total. The lowest BCUT2D eigenvalue weighted by Crippen LogP contribution is -2.17. The van der Waals surface area contributed by atoms with E-state index in [1.165, 1.54) is 18.2 Å². The number of nitrogens with one attached hydrogen (secondary N) is 2. The van der Waals surface area contributed by atoms with Gasteiger partial charge in [-0.1, -0.05) is 23.7 Å². The van der Waals surface area contributed by atoms with Gasteiger partial charge in [0.25, 0.3) is 15.9 Å². The van der Waals surface area contributed by atoms with Gasteiger partial charge in [0.1, 0.15) is 5.75 Å². The Hall–Kier alpha value is -3.24. The van der Waals surface area contributed by atoms with Gasteiger partial charge >= 0.3 is 6.18 Å². The minimum atomic E-state index is -4.64. The van der Waals surface area contributed by atoms with Crippen LogP contribution in [0.2, 0.25) is 5.02 Å². The molecule has 0 bridgehead atoms. The molecule has 3 aromatic carbocycles. The van der Waals surface area contributed by atoms with Gasteiger partial charge in [0, 0.05) is 5.69 Å². The SMILES string of the molecule is Cc1ccc(NC(=O)c2cc(S(=O)(=O)Nc3cccc(C(F)(F)F)c3)ccc2Cl)c(O)c1. The van der Waals surface area contributed by atoms with E-state index >= 15 is 0 Å². The molecule has 0 aliphatic heterocycles. The van der Waals surface area contributed by atoms with Gasteiger partial charge in [-0.05, 0) is 61.0 Å². The van der Waals surface area contributed by atoms with E-state index in [4.69, 9.17) is 11.6 Å². The van der Waals surface area contributed by atoms with Gasteiger partial charge < -0.3 is 10.4 Å². The lowest BCUT2D eigenvalue weighted by Gasteiger charge is -2.13. The van der Waals surface area contributed by atoms with E-state index in [2.05, 4.69) is 10.0 Å². The fourth-order valence-corrected chi connectivity index (χ4v) is 4.03. The number of anilines is 2. The van der Waals surface area contributed by atoms with Crippen LogP contribution in [0.5, 0.6) is 5.75 Å². The Balaban J connectivity index is 1.89. The average Bonchev–Trinajstić information content (AvgIpc) is 2.69. The number of halogens is 4. The summed E-state index contributed by atoms with van der Waals surface area (Å²) in [5.41, 5.74) is -0.685. The first-order valence-corrected chi connectivity index (χ1v) is 10.8. The number of phenolic OH excluding ortho intramolecular Hbond substituents is 1. The summed E-state index contributed by atoms with van der Waals surface area (Å²) in [5, 5.41) is 12.3. The summed E-state index contributed by atoms with van der Waals surface area (Å²) in [4.78, 5) is 12.2. The minimum absolute atomic E-state index is 0.0629. The summed E-state index contributed by atoms with van der Waals surface area (Å²) in [6.45, 7) is 1.74. The van der Waals surface area contributed by atoms with Crippen LogP contribution in [-0.2, 0) is 16.2 Å². The summed E-state index contributed by atoms with van der Waals surface area (Å²) in [6, 6.07) is 11.5. The lowest BCUT2D eigenvalue weighted by molar-refractivity contribution is -0.137. The molecule has 0 fully saturated rings. The molecule has 0 heterocycles. The predicted octanol–water partition coefficient (Wildman–Crippen LogP) is 5.43. The van der Waals surface area contributed by atoms with E-state index < -0.39 is 32.6 Å². The van der Waals surface area contributed by atoms with Crippen molar-refractivity contribution < 1.29 is 31.5 Å². The maximum Gasteiger partial charge on any atom is 0.416 e. The summed E-state index contributed by atoms with van der Waals surface area (Å²) >= 11 is 6.04.